The lowest BCUT2D eigenvalue weighted by atomic mass is 10.1. The molecule has 0 unspecified atom stereocenters. The molecular weight excluding hydrogens is 286 g/mol. The molecule has 21 heavy (non-hydrogen) atoms. The van der Waals surface area contributed by atoms with E-state index in [0.29, 0.717) is 18.2 Å². The van der Waals surface area contributed by atoms with E-state index in [9.17, 15) is 9.59 Å². The van der Waals surface area contributed by atoms with Crippen molar-refractivity contribution in [1.29, 1.82) is 0 Å². The smallest absolute Gasteiger partial charge is 0.321 e. The molecule has 1 aromatic rings. The lowest BCUT2D eigenvalue weighted by Crippen LogP contribution is -2.40. The largest absolute Gasteiger partial charge is 0.398 e. The fraction of sp³-hybridized carbons (Fsp3) is 0.467. The molecule has 1 aromatic carbocycles. The predicted molar refractivity (Wildman–Crippen MR) is 87.3 cm³/mol. The second-order valence-electron chi connectivity index (χ2n) is 5.25. The van der Waals surface area contributed by atoms with Crippen molar-refractivity contribution < 1.29 is 9.59 Å². The number of thioether (sulfide) groups is 1. The SMILES string of the molecule is Cc1c(N)cccc1SCC(=O)NC(=O)NCCC(C)C. The van der Waals surface area contributed by atoms with E-state index in [4.69, 9.17) is 5.73 Å². The number of carbonyl (C=O) groups excluding carboxylic acids is 2. The van der Waals surface area contributed by atoms with Crippen molar-refractivity contribution in [3.63, 3.8) is 0 Å². The summed E-state index contributed by atoms with van der Waals surface area (Å²) in [7, 11) is 0. The third-order valence-corrected chi connectivity index (χ3v) is 4.10. The Morgan fingerprint density at radius 1 is 1.33 bits per heavy atom. The van der Waals surface area contributed by atoms with E-state index >= 15 is 0 Å². The van der Waals surface area contributed by atoms with Crippen molar-refractivity contribution in [2.24, 2.45) is 5.92 Å². The summed E-state index contributed by atoms with van der Waals surface area (Å²) in [5.41, 5.74) is 7.46. The van der Waals surface area contributed by atoms with E-state index in [1.807, 2.05) is 25.1 Å². The van der Waals surface area contributed by atoms with Gasteiger partial charge >= 0.3 is 6.03 Å². The minimum Gasteiger partial charge on any atom is -0.398 e. The first kappa shape index (κ1) is 17.4. The molecule has 0 saturated heterocycles. The number of urea groups is 1. The summed E-state index contributed by atoms with van der Waals surface area (Å²) in [4.78, 5) is 24.1. The fourth-order valence-corrected chi connectivity index (χ4v) is 2.48. The van der Waals surface area contributed by atoms with Gasteiger partial charge in [0.25, 0.3) is 0 Å². The molecule has 0 aliphatic heterocycles. The molecule has 0 aliphatic rings. The van der Waals surface area contributed by atoms with E-state index in [-0.39, 0.29) is 11.7 Å². The van der Waals surface area contributed by atoms with Crippen molar-refractivity contribution in [2.75, 3.05) is 18.0 Å². The zero-order valence-electron chi connectivity index (χ0n) is 12.7. The third-order valence-electron chi connectivity index (χ3n) is 2.94. The molecule has 116 valence electrons. The predicted octanol–water partition coefficient (Wildman–Crippen LogP) is 2.54. The second kappa shape index (κ2) is 8.56. The van der Waals surface area contributed by atoms with E-state index < -0.39 is 6.03 Å². The lowest BCUT2D eigenvalue weighted by Gasteiger charge is -2.09. The van der Waals surface area contributed by atoms with E-state index in [1.54, 1.807) is 0 Å². The molecule has 0 fully saturated rings. The zero-order valence-corrected chi connectivity index (χ0v) is 13.5. The number of nitrogens with one attached hydrogen (secondary N) is 2. The van der Waals surface area contributed by atoms with Crippen molar-refractivity contribution >= 4 is 29.4 Å². The number of carbonyl (C=O) groups is 2. The number of benzene rings is 1. The number of nitrogens with two attached hydrogens (primary N) is 1. The van der Waals surface area contributed by atoms with Crippen LogP contribution in [0.5, 0.6) is 0 Å². The van der Waals surface area contributed by atoms with Crippen LogP contribution in [0.3, 0.4) is 0 Å². The van der Waals surface area contributed by atoms with Crippen molar-refractivity contribution in [1.82, 2.24) is 10.6 Å². The van der Waals surface area contributed by atoms with E-state index in [1.165, 1.54) is 11.8 Å². The Hall–Kier alpha value is -1.69. The maximum absolute atomic E-state index is 11.7. The highest BCUT2D eigenvalue weighted by Gasteiger charge is 2.09. The van der Waals surface area contributed by atoms with Crippen LogP contribution in [0.25, 0.3) is 0 Å². The number of anilines is 1. The summed E-state index contributed by atoms with van der Waals surface area (Å²) in [5.74, 6) is 0.383. The monoisotopic (exact) mass is 309 g/mol. The highest BCUT2D eigenvalue weighted by atomic mass is 32.2. The van der Waals surface area contributed by atoms with Crippen LogP contribution in [0.15, 0.2) is 23.1 Å². The molecule has 0 heterocycles. The topological polar surface area (TPSA) is 84.2 Å². The zero-order chi connectivity index (χ0) is 15.8. The number of imide groups is 1. The van der Waals surface area contributed by atoms with Crippen LogP contribution in [0, 0.1) is 12.8 Å². The normalized spacial score (nSPS) is 10.5. The van der Waals surface area contributed by atoms with Gasteiger partial charge in [-0.1, -0.05) is 19.9 Å². The molecule has 4 N–H and O–H groups in total. The molecular formula is C15H23N3O2S. The van der Waals surface area contributed by atoms with Gasteiger partial charge in [-0.25, -0.2) is 4.79 Å². The number of rotatable bonds is 6. The van der Waals surface area contributed by atoms with E-state index in [0.717, 1.165) is 16.9 Å². The maximum Gasteiger partial charge on any atom is 0.321 e. The summed E-state index contributed by atoms with van der Waals surface area (Å²) in [6.45, 7) is 6.64. The standard InChI is InChI=1S/C15H23N3O2S/c1-10(2)7-8-17-15(20)18-14(19)9-21-13-6-4-5-12(16)11(13)3/h4-6,10H,7-9,16H2,1-3H3,(H2,17,18,19,20). The molecule has 0 aliphatic carbocycles. The molecule has 0 atom stereocenters. The lowest BCUT2D eigenvalue weighted by molar-refractivity contribution is -0.117. The van der Waals surface area contributed by atoms with Crippen molar-refractivity contribution in [2.45, 2.75) is 32.1 Å². The number of amides is 3. The Morgan fingerprint density at radius 3 is 2.71 bits per heavy atom. The Morgan fingerprint density at radius 2 is 2.05 bits per heavy atom. The van der Waals surface area contributed by atoms with Gasteiger partial charge in [0.2, 0.25) is 5.91 Å². The summed E-state index contributed by atoms with van der Waals surface area (Å²) in [6, 6.07) is 5.14. The first-order chi connectivity index (χ1) is 9.90. The molecule has 3 amide bonds. The fourth-order valence-electron chi connectivity index (χ4n) is 1.61. The van der Waals surface area contributed by atoms with Gasteiger partial charge in [0, 0.05) is 17.1 Å². The van der Waals surface area contributed by atoms with Crippen LogP contribution in [-0.4, -0.2) is 24.2 Å². The third kappa shape index (κ3) is 6.53. The average molecular weight is 309 g/mol. The van der Waals surface area contributed by atoms with Gasteiger partial charge in [0.1, 0.15) is 0 Å². The van der Waals surface area contributed by atoms with Gasteiger partial charge in [-0.3, -0.25) is 10.1 Å². The minimum atomic E-state index is -0.439. The van der Waals surface area contributed by atoms with Crippen molar-refractivity contribution in [3.8, 4) is 0 Å². The molecule has 0 aromatic heterocycles. The first-order valence-corrected chi connectivity index (χ1v) is 7.94. The summed E-state index contributed by atoms with van der Waals surface area (Å²) in [6.07, 6.45) is 0.888. The van der Waals surface area contributed by atoms with Crippen LogP contribution < -0.4 is 16.4 Å². The molecule has 6 heteroatoms. The van der Waals surface area contributed by atoms with Crippen molar-refractivity contribution in [3.05, 3.63) is 23.8 Å². The van der Waals surface area contributed by atoms with Gasteiger partial charge in [-0.05, 0) is 37.0 Å². The summed E-state index contributed by atoms with van der Waals surface area (Å²) < 4.78 is 0. The second-order valence-corrected chi connectivity index (χ2v) is 6.26. The Bertz CT molecular complexity index is 504. The van der Waals surface area contributed by atoms with Gasteiger partial charge in [0.15, 0.2) is 0 Å². The highest BCUT2D eigenvalue weighted by molar-refractivity contribution is 8.00. The average Bonchev–Trinajstić information content (AvgIpc) is 2.40. The van der Waals surface area contributed by atoms with Gasteiger partial charge in [-0.2, -0.15) is 0 Å². The number of hydrogen-bond donors (Lipinski definition) is 3. The van der Waals surface area contributed by atoms with E-state index in [2.05, 4.69) is 24.5 Å². The number of hydrogen-bond acceptors (Lipinski definition) is 4. The molecule has 0 radical (unpaired) electrons. The van der Waals surface area contributed by atoms with Gasteiger partial charge < -0.3 is 11.1 Å². The maximum atomic E-state index is 11.7. The summed E-state index contributed by atoms with van der Waals surface area (Å²) in [5, 5.41) is 4.98. The molecule has 5 nitrogen and oxygen atoms in total. The summed E-state index contributed by atoms with van der Waals surface area (Å²) >= 11 is 1.37. The molecule has 1 rings (SSSR count). The Labute approximate surface area is 130 Å². The Kier molecular flexibility index (Phi) is 7.08. The van der Waals surface area contributed by atoms with Crippen LogP contribution in [0.2, 0.25) is 0 Å². The van der Waals surface area contributed by atoms with Crippen LogP contribution in [-0.2, 0) is 4.79 Å². The minimum absolute atomic E-state index is 0.182. The van der Waals surface area contributed by atoms with Crippen LogP contribution in [0.4, 0.5) is 10.5 Å². The van der Waals surface area contributed by atoms with Crippen LogP contribution in [0.1, 0.15) is 25.8 Å². The number of nitrogen functional groups attached to an aromatic ring is 1. The van der Waals surface area contributed by atoms with Crippen LogP contribution >= 0.6 is 11.8 Å². The highest BCUT2D eigenvalue weighted by Crippen LogP contribution is 2.25. The van der Waals surface area contributed by atoms with Gasteiger partial charge in [-0.15, -0.1) is 11.8 Å². The molecule has 0 spiro atoms. The van der Waals surface area contributed by atoms with Gasteiger partial charge in [0.05, 0.1) is 5.75 Å². The molecule has 0 saturated carbocycles. The quantitative estimate of drug-likeness (QED) is 0.557. The molecule has 0 bridgehead atoms. The Balaban J connectivity index is 2.34. The first-order valence-electron chi connectivity index (χ1n) is 6.95.